The van der Waals surface area contributed by atoms with Gasteiger partial charge < -0.3 is 0 Å². The van der Waals surface area contributed by atoms with E-state index in [9.17, 15) is 4.79 Å². The summed E-state index contributed by atoms with van der Waals surface area (Å²) in [7, 11) is 0. The van der Waals surface area contributed by atoms with E-state index in [4.69, 9.17) is 4.98 Å². The minimum absolute atomic E-state index is 0.0891. The lowest BCUT2D eigenvalue weighted by molar-refractivity contribution is 0.789. The maximum Gasteiger partial charge on any atom is 0.267 e. The highest BCUT2D eigenvalue weighted by Crippen LogP contribution is 2.25. The van der Waals surface area contributed by atoms with Crippen LogP contribution in [-0.2, 0) is 5.75 Å². The average Bonchev–Trinajstić information content (AvgIpc) is 2.69. The second kappa shape index (κ2) is 7.37. The van der Waals surface area contributed by atoms with Gasteiger partial charge in [-0.3, -0.25) is 4.79 Å². The Balaban J connectivity index is 1.85. The number of aromatic nitrogens is 3. The smallest absolute Gasteiger partial charge is 0.267 e. The molecule has 0 N–H and O–H groups in total. The van der Waals surface area contributed by atoms with Crippen molar-refractivity contribution in [2.45, 2.75) is 24.8 Å². The Kier molecular flexibility index (Phi) is 4.77. The fourth-order valence-corrected chi connectivity index (χ4v) is 3.89. The Morgan fingerprint density at radius 1 is 0.963 bits per heavy atom. The van der Waals surface area contributed by atoms with Crippen LogP contribution in [0.1, 0.15) is 16.7 Å². The molecule has 0 saturated heterocycles. The second-order valence-electron chi connectivity index (χ2n) is 6.47. The molecule has 0 bridgehead atoms. The van der Waals surface area contributed by atoms with E-state index in [2.05, 4.69) is 36.2 Å². The third-order valence-corrected chi connectivity index (χ3v) is 5.44. The number of hydrogen-bond acceptors (Lipinski definition) is 4. The molecule has 134 valence electrons. The molecule has 0 spiro atoms. The van der Waals surface area contributed by atoms with Crippen LogP contribution in [-0.4, -0.2) is 14.5 Å². The first-order valence-electron chi connectivity index (χ1n) is 8.75. The minimum Gasteiger partial charge on any atom is -0.268 e. The minimum atomic E-state index is -0.0891. The molecule has 0 aliphatic heterocycles. The highest BCUT2D eigenvalue weighted by Gasteiger charge is 2.15. The van der Waals surface area contributed by atoms with Crippen LogP contribution in [0.3, 0.4) is 0 Å². The van der Waals surface area contributed by atoms with Gasteiger partial charge in [-0.05, 0) is 43.2 Å². The Morgan fingerprint density at radius 3 is 2.52 bits per heavy atom. The number of hydrogen-bond donors (Lipinski definition) is 0. The zero-order valence-electron chi connectivity index (χ0n) is 15.2. The number of aryl methyl sites for hydroxylation is 2. The standard InChI is InChI=1S/C22H19N3OS/c1-15-9-11-17(12-10-15)14-27-22-24-19-8-4-3-7-18(19)21(26)25(22)20-16(2)6-5-13-23-20/h3-13H,14H2,1-2H3. The molecule has 0 unspecified atom stereocenters. The summed E-state index contributed by atoms with van der Waals surface area (Å²) in [5.41, 5.74) is 3.98. The Hall–Kier alpha value is -2.92. The molecular weight excluding hydrogens is 354 g/mol. The van der Waals surface area contributed by atoms with Crippen molar-refractivity contribution in [3.8, 4) is 5.82 Å². The summed E-state index contributed by atoms with van der Waals surface area (Å²) in [6.07, 6.45) is 1.71. The number of benzene rings is 2. The van der Waals surface area contributed by atoms with E-state index in [0.29, 0.717) is 21.9 Å². The summed E-state index contributed by atoms with van der Waals surface area (Å²) in [6.45, 7) is 4.03. The number of para-hydroxylation sites is 1. The summed E-state index contributed by atoms with van der Waals surface area (Å²) >= 11 is 1.55. The average molecular weight is 373 g/mol. The van der Waals surface area contributed by atoms with E-state index < -0.39 is 0 Å². The van der Waals surface area contributed by atoms with Crippen LogP contribution in [0.25, 0.3) is 16.7 Å². The van der Waals surface area contributed by atoms with Gasteiger partial charge in [0.1, 0.15) is 5.82 Å². The lowest BCUT2D eigenvalue weighted by Crippen LogP contribution is -2.23. The third-order valence-electron chi connectivity index (χ3n) is 4.43. The first-order chi connectivity index (χ1) is 13.1. The van der Waals surface area contributed by atoms with Gasteiger partial charge in [-0.15, -0.1) is 0 Å². The Morgan fingerprint density at radius 2 is 1.74 bits per heavy atom. The summed E-state index contributed by atoms with van der Waals surface area (Å²) in [5, 5.41) is 1.25. The second-order valence-corrected chi connectivity index (χ2v) is 7.41. The van der Waals surface area contributed by atoms with E-state index in [1.807, 2.05) is 43.3 Å². The third kappa shape index (κ3) is 3.51. The zero-order chi connectivity index (χ0) is 18.8. The molecule has 0 aliphatic rings. The largest absolute Gasteiger partial charge is 0.268 e. The van der Waals surface area contributed by atoms with E-state index in [1.54, 1.807) is 22.5 Å². The van der Waals surface area contributed by atoms with E-state index in [-0.39, 0.29) is 5.56 Å². The van der Waals surface area contributed by atoms with Crippen molar-refractivity contribution in [1.29, 1.82) is 0 Å². The van der Waals surface area contributed by atoms with Crippen molar-refractivity contribution in [3.05, 3.63) is 93.9 Å². The Bertz CT molecular complexity index is 1170. The predicted molar refractivity (Wildman–Crippen MR) is 111 cm³/mol. The van der Waals surface area contributed by atoms with Gasteiger partial charge in [0.05, 0.1) is 10.9 Å². The molecule has 0 amide bonds. The lowest BCUT2D eigenvalue weighted by Gasteiger charge is -2.14. The van der Waals surface area contributed by atoms with Gasteiger partial charge in [0.25, 0.3) is 5.56 Å². The van der Waals surface area contributed by atoms with Crippen LogP contribution in [0, 0.1) is 13.8 Å². The van der Waals surface area contributed by atoms with Crippen molar-refractivity contribution in [3.63, 3.8) is 0 Å². The molecule has 0 aliphatic carbocycles. The summed E-state index contributed by atoms with van der Waals surface area (Å²) < 4.78 is 1.64. The van der Waals surface area contributed by atoms with E-state index in [1.165, 1.54) is 11.1 Å². The van der Waals surface area contributed by atoms with Crippen LogP contribution >= 0.6 is 11.8 Å². The molecule has 5 heteroatoms. The maximum atomic E-state index is 13.2. The van der Waals surface area contributed by atoms with Crippen molar-refractivity contribution < 1.29 is 0 Å². The van der Waals surface area contributed by atoms with Crippen molar-refractivity contribution >= 4 is 22.7 Å². The monoisotopic (exact) mass is 373 g/mol. The highest BCUT2D eigenvalue weighted by molar-refractivity contribution is 7.98. The normalized spacial score (nSPS) is 11.0. The van der Waals surface area contributed by atoms with Gasteiger partial charge in [0.15, 0.2) is 5.16 Å². The molecule has 0 atom stereocenters. The molecular formula is C22H19N3OS. The molecule has 0 saturated carbocycles. The topological polar surface area (TPSA) is 47.8 Å². The molecule has 2 heterocycles. The molecule has 2 aromatic carbocycles. The summed E-state index contributed by atoms with van der Waals surface area (Å²) in [6, 6.07) is 19.7. The van der Waals surface area contributed by atoms with Crippen LogP contribution < -0.4 is 5.56 Å². The lowest BCUT2D eigenvalue weighted by atomic mass is 10.2. The SMILES string of the molecule is Cc1ccc(CSc2nc3ccccc3c(=O)n2-c2ncccc2C)cc1. The van der Waals surface area contributed by atoms with Crippen LogP contribution in [0.5, 0.6) is 0 Å². The fourth-order valence-electron chi connectivity index (χ4n) is 2.94. The number of pyridine rings is 1. The molecule has 0 radical (unpaired) electrons. The van der Waals surface area contributed by atoms with Crippen molar-refractivity contribution in [1.82, 2.24) is 14.5 Å². The molecule has 4 aromatic rings. The molecule has 4 rings (SSSR count). The maximum absolute atomic E-state index is 13.2. The fraction of sp³-hybridized carbons (Fsp3) is 0.136. The van der Waals surface area contributed by atoms with Crippen LogP contribution in [0.2, 0.25) is 0 Å². The quantitative estimate of drug-likeness (QED) is 0.385. The predicted octanol–water partition coefficient (Wildman–Crippen LogP) is 4.69. The number of fused-ring (bicyclic) bond motifs is 1. The van der Waals surface area contributed by atoms with Crippen LogP contribution in [0.15, 0.2) is 76.8 Å². The number of thioether (sulfide) groups is 1. The summed E-state index contributed by atoms with van der Waals surface area (Å²) in [5.74, 6) is 1.36. The Labute approximate surface area is 161 Å². The van der Waals surface area contributed by atoms with Gasteiger partial charge in [-0.25, -0.2) is 14.5 Å². The number of nitrogens with zero attached hydrogens (tertiary/aromatic N) is 3. The van der Waals surface area contributed by atoms with Crippen LogP contribution in [0.4, 0.5) is 0 Å². The van der Waals surface area contributed by atoms with E-state index in [0.717, 1.165) is 11.3 Å². The van der Waals surface area contributed by atoms with Crippen molar-refractivity contribution in [2.75, 3.05) is 0 Å². The highest BCUT2D eigenvalue weighted by atomic mass is 32.2. The van der Waals surface area contributed by atoms with Crippen molar-refractivity contribution in [2.24, 2.45) is 0 Å². The van der Waals surface area contributed by atoms with Gasteiger partial charge in [0.2, 0.25) is 0 Å². The van der Waals surface area contributed by atoms with Gasteiger partial charge in [-0.1, -0.05) is 59.8 Å². The van der Waals surface area contributed by atoms with Gasteiger partial charge in [0, 0.05) is 11.9 Å². The number of rotatable bonds is 4. The summed E-state index contributed by atoms with van der Waals surface area (Å²) in [4.78, 5) is 22.5. The van der Waals surface area contributed by atoms with Gasteiger partial charge in [-0.2, -0.15) is 0 Å². The molecule has 27 heavy (non-hydrogen) atoms. The zero-order valence-corrected chi connectivity index (χ0v) is 16.0. The molecule has 0 fully saturated rings. The molecule has 4 nitrogen and oxygen atoms in total. The first-order valence-corrected chi connectivity index (χ1v) is 9.74. The first kappa shape index (κ1) is 17.5. The van der Waals surface area contributed by atoms with Gasteiger partial charge >= 0.3 is 0 Å². The molecule has 2 aromatic heterocycles. The van der Waals surface area contributed by atoms with E-state index >= 15 is 0 Å².